The quantitative estimate of drug-likeness (QED) is 0.461. The lowest BCUT2D eigenvalue weighted by Gasteiger charge is -2.11. The molecule has 156 valence electrons. The normalized spacial score (nSPS) is 12.9. The van der Waals surface area contributed by atoms with Gasteiger partial charge in [0.05, 0.1) is 14.2 Å². The summed E-state index contributed by atoms with van der Waals surface area (Å²) in [4.78, 5) is 21.9. The van der Waals surface area contributed by atoms with E-state index in [1.54, 1.807) is 26.6 Å². The first-order valence-corrected chi connectivity index (χ1v) is 9.70. The van der Waals surface area contributed by atoms with Gasteiger partial charge in [0.2, 0.25) is 29.6 Å². The number of nitrogens with zero attached hydrogens (tertiary/aromatic N) is 5. The SMILES string of the molecule is COc1ccc(CNc2nc(NCc3ccc(OC)nc3)nc(NC3CC3)n2)cn1. The third kappa shape index (κ3) is 5.43. The lowest BCUT2D eigenvalue weighted by atomic mass is 10.3. The van der Waals surface area contributed by atoms with Gasteiger partial charge in [-0.3, -0.25) is 0 Å². The van der Waals surface area contributed by atoms with E-state index in [2.05, 4.69) is 40.9 Å². The summed E-state index contributed by atoms with van der Waals surface area (Å²) in [7, 11) is 3.19. The number of ether oxygens (including phenoxy) is 2. The van der Waals surface area contributed by atoms with Crippen molar-refractivity contribution < 1.29 is 9.47 Å². The summed E-state index contributed by atoms with van der Waals surface area (Å²) in [5.41, 5.74) is 1.98. The van der Waals surface area contributed by atoms with E-state index in [0.717, 1.165) is 24.0 Å². The molecule has 10 heteroatoms. The number of methoxy groups -OCH3 is 2. The third-order valence-corrected chi connectivity index (χ3v) is 4.46. The first-order chi connectivity index (χ1) is 14.7. The predicted octanol–water partition coefficient (Wildman–Crippen LogP) is 2.48. The number of pyridine rings is 2. The van der Waals surface area contributed by atoms with Gasteiger partial charge >= 0.3 is 0 Å². The molecule has 3 heterocycles. The molecule has 1 aliphatic carbocycles. The van der Waals surface area contributed by atoms with Gasteiger partial charge in [-0.2, -0.15) is 15.0 Å². The molecular formula is C20H24N8O2. The van der Waals surface area contributed by atoms with Crippen LogP contribution in [0.1, 0.15) is 24.0 Å². The number of rotatable bonds is 10. The summed E-state index contributed by atoms with van der Waals surface area (Å²) in [6, 6.07) is 7.96. The Morgan fingerprint density at radius 2 is 1.27 bits per heavy atom. The molecule has 0 aromatic carbocycles. The van der Waals surface area contributed by atoms with E-state index in [1.807, 2.05) is 24.3 Å². The first-order valence-electron chi connectivity index (χ1n) is 9.70. The van der Waals surface area contributed by atoms with Gasteiger partial charge < -0.3 is 25.4 Å². The van der Waals surface area contributed by atoms with Crippen molar-refractivity contribution in [2.45, 2.75) is 32.0 Å². The van der Waals surface area contributed by atoms with E-state index in [4.69, 9.17) is 9.47 Å². The summed E-state index contributed by atoms with van der Waals surface area (Å²) >= 11 is 0. The Labute approximate surface area is 174 Å². The molecule has 1 fully saturated rings. The highest BCUT2D eigenvalue weighted by Gasteiger charge is 2.22. The molecule has 1 saturated carbocycles. The van der Waals surface area contributed by atoms with Gasteiger partial charge in [0.1, 0.15) is 0 Å². The van der Waals surface area contributed by atoms with Crippen LogP contribution in [-0.2, 0) is 13.1 Å². The molecule has 0 unspecified atom stereocenters. The van der Waals surface area contributed by atoms with Crippen LogP contribution in [0, 0.1) is 0 Å². The molecule has 0 spiro atoms. The molecule has 30 heavy (non-hydrogen) atoms. The zero-order valence-electron chi connectivity index (χ0n) is 16.9. The van der Waals surface area contributed by atoms with Crippen molar-refractivity contribution in [2.75, 3.05) is 30.2 Å². The monoisotopic (exact) mass is 408 g/mol. The van der Waals surface area contributed by atoms with Crippen molar-refractivity contribution in [1.82, 2.24) is 24.9 Å². The minimum atomic E-state index is 0.435. The topological polar surface area (TPSA) is 119 Å². The van der Waals surface area contributed by atoms with Crippen LogP contribution in [0.4, 0.5) is 17.8 Å². The van der Waals surface area contributed by atoms with Crippen LogP contribution in [0.3, 0.4) is 0 Å². The van der Waals surface area contributed by atoms with Gasteiger partial charge in [0.25, 0.3) is 0 Å². The Kier molecular flexibility index (Phi) is 6.02. The fourth-order valence-electron chi connectivity index (χ4n) is 2.64. The summed E-state index contributed by atoms with van der Waals surface area (Å²) in [5.74, 6) is 2.68. The number of nitrogens with one attached hydrogen (secondary N) is 3. The molecule has 1 aliphatic rings. The number of aromatic nitrogens is 5. The molecule has 0 aliphatic heterocycles. The zero-order chi connectivity index (χ0) is 20.8. The van der Waals surface area contributed by atoms with Crippen molar-refractivity contribution >= 4 is 17.8 Å². The van der Waals surface area contributed by atoms with Gasteiger partial charge in [-0.25, -0.2) is 9.97 Å². The molecule has 0 atom stereocenters. The minimum Gasteiger partial charge on any atom is -0.481 e. The van der Waals surface area contributed by atoms with Crippen molar-refractivity contribution in [3.05, 3.63) is 47.8 Å². The number of hydrogen-bond donors (Lipinski definition) is 3. The van der Waals surface area contributed by atoms with Crippen molar-refractivity contribution in [3.63, 3.8) is 0 Å². The van der Waals surface area contributed by atoms with Crippen molar-refractivity contribution in [2.24, 2.45) is 0 Å². The van der Waals surface area contributed by atoms with Gasteiger partial charge in [0, 0.05) is 43.7 Å². The highest BCUT2D eigenvalue weighted by atomic mass is 16.5. The lowest BCUT2D eigenvalue weighted by Crippen LogP contribution is -2.13. The second kappa shape index (κ2) is 9.21. The van der Waals surface area contributed by atoms with E-state index < -0.39 is 0 Å². The van der Waals surface area contributed by atoms with Gasteiger partial charge in [0.15, 0.2) is 0 Å². The van der Waals surface area contributed by atoms with Crippen molar-refractivity contribution in [1.29, 1.82) is 0 Å². The fraction of sp³-hybridized carbons (Fsp3) is 0.350. The van der Waals surface area contributed by atoms with E-state index in [-0.39, 0.29) is 0 Å². The van der Waals surface area contributed by atoms with Crippen LogP contribution >= 0.6 is 0 Å². The maximum absolute atomic E-state index is 5.09. The molecule has 3 aromatic heterocycles. The maximum Gasteiger partial charge on any atom is 0.229 e. The molecular weight excluding hydrogens is 384 g/mol. The molecule has 0 amide bonds. The summed E-state index contributed by atoms with van der Waals surface area (Å²) in [5, 5.41) is 9.79. The molecule has 0 saturated heterocycles. The number of anilines is 3. The zero-order valence-corrected chi connectivity index (χ0v) is 16.9. The van der Waals surface area contributed by atoms with Gasteiger partial charge in [-0.05, 0) is 24.0 Å². The maximum atomic E-state index is 5.09. The van der Waals surface area contributed by atoms with Crippen LogP contribution < -0.4 is 25.4 Å². The predicted molar refractivity (Wildman–Crippen MR) is 113 cm³/mol. The largest absolute Gasteiger partial charge is 0.481 e. The van der Waals surface area contributed by atoms with Crippen LogP contribution in [0.15, 0.2) is 36.7 Å². The van der Waals surface area contributed by atoms with Gasteiger partial charge in [-0.1, -0.05) is 12.1 Å². The van der Waals surface area contributed by atoms with E-state index in [1.165, 1.54) is 0 Å². The average Bonchev–Trinajstić information content (AvgIpc) is 3.61. The summed E-state index contributed by atoms with van der Waals surface area (Å²) < 4.78 is 10.2. The van der Waals surface area contributed by atoms with Crippen LogP contribution in [0.25, 0.3) is 0 Å². The molecule has 0 radical (unpaired) electrons. The molecule has 4 rings (SSSR count). The average molecular weight is 408 g/mol. The number of hydrogen-bond acceptors (Lipinski definition) is 10. The molecule has 3 aromatic rings. The fourth-order valence-corrected chi connectivity index (χ4v) is 2.64. The van der Waals surface area contributed by atoms with E-state index in [9.17, 15) is 0 Å². The second-order valence-electron chi connectivity index (χ2n) is 6.85. The van der Waals surface area contributed by atoms with Gasteiger partial charge in [-0.15, -0.1) is 0 Å². The smallest absolute Gasteiger partial charge is 0.229 e. The third-order valence-electron chi connectivity index (χ3n) is 4.46. The molecule has 10 nitrogen and oxygen atoms in total. The molecule has 0 bridgehead atoms. The Morgan fingerprint density at radius 1 is 0.767 bits per heavy atom. The van der Waals surface area contributed by atoms with Crippen molar-refractivity contribution in [3.8, 4) is 11.8 Å². The van der Waals surface area contributed by atoms with Crippen LogP contribution in [-0.4, -0.2) is 45.2 Å². The second-order valence-corrected chi connectivity index (χ2v) is 6.85. The Bertz CT molecular complexity index is 892. The highest BCUT2D eigenvalue weighted by Crippen LogP contribution is 2.24. The summed E-state index contributed by atoms with van der Waals surface area (Å²) in [6.07, 6.45) is 5.77. The van der Waals surface area contributed by atoms with E-state index >= 15 is 0 Å². The standard InChI is InChI=1S/C20H24N8O2/c1-29-16-7-3-13(9-21-16)11-23-18-26-19(28-20(27-18)25-15-5-6-15)24-12-14-4-8-17(30-2)22-10-14/h3-4,7-10,15H,5-6,11-12H2,1-2H3,(H3,23,24,25,26,27,28). The lowest BCUT2D eigenvalue weighted by molar-refractivity contribution is 0.397. The van der Waals surface area contributed by atoms with Crippen LogP contribution in [0.2, 0.25) is 0 Å². The van der Waals surface area contributed by atoms with E-state index in [0.29, 0.717) is 48.7 Å². The Hall–Kier alpha value is -3.69. The Balaban J connectivity index is 1.43. The Morgan fingerprint density at radius 3 is 1.67 bits per heavy atom. The summed E-state index contributed by atoms with van der Waals surface area (Å²) in [6.45, 7) is 1.07. The first kappa shape index (κ1) is 19.6. The molecule has 3 N–H and O–H groups in total. The minimum absolute atomic E-state index is 0.435. The highest BCUT2D eigenvalue weighted by molar-refractivity contribution is 5.44. The van der Waals surface area contributed by atoms with Crippen LogP contribution in [0.5, 0.6) is 11.8 Å².